The first-order valence-electron chi connectivity index (χ1n) is 7.65. The normalized spacial score (nSPS) is 10.2. The van der Waals surface area contributed by atoms with Gasteiger partial charge in [-0.3, -0.25) is 15.6 Å². The number of nitrogens with zero attached hydrogens (tertiary/aromatic N) is 3. The van der Waals surface area contributed by atoms with Gasteiger partial charge < -0.3 is 5.32 Å². The summed E-state index contributed by atoms with van der Waals surface area (Å²) in [5.74, 6) is -0.440. The first-order chi connectivity index (χ1) is 12.5. The Hall–Kier alpha value is -2.97. The average Bonchev–Trinajstić information content (AvgIpc) is 3.04. The van der Waals surface area contributed by atoms with Gasteiger partial charge in [-0.25, -0.2) is 0 Å². The van der Waals surface area contributed by atoms with Gasteiger partial charge in [-0.2, -0.15) is 9.90 Å². The van der Waals surface area contributed by atoms with E-state index in [1.54, 1.807) is 31.2 Å². The van der Waals surface area contributed by atoms with E-state index < -0.39 is 5.91 Å². The van der Waals surface area contributed by atoms with E-state index in [2.05, 4.69) is 26.4 Å². The molecule has 0 saturated heterocycles. The standard InChI is InChI=1S/C17H15ClN6OS/c1-11-15(23-24(22-11)14-5-3-2-4-6-14)16(25)20-21-17(26)19-13-9-7-12(18)8-10-13/h2-10H,1H3,(H,20,25)(H2,19,21,26). The van der Waals surface area contributed by atoms with Crippen molar-refractivity contribution in [2.24, 2.45) is 0 Å². The minimum atomic E-state index is -0.440. The number of benzene rings is 2. The molecule has 0 unspecified atom stereocenters. The lowest BCUT2D eigenvalue weighted by molar-refractivity contribution is 0.0938. The molecule has 0 atom stereocenters. The Kier molecular flexibility index (Phi) is 5.45. The quantitative estimate of drug-likeness (QED) is 0.474. The summed E-state index contributed by atoms with van der Waals surface area (Å²) >= 11 is 11.0. The molecule has 0 saturated carbocycles. The van der Waals surface area contributed by atoms with E-state index in [9.17, 15) is 4.79 Å². The van der Waals surface area contributed by atoms with Crippen LogP contribution in [0.2, 0.25) is 5.02 Å². The SMILES string of the molecule is Cc1nn(-c2ccccc2)nc1C(=O)NNC(=S)Nc1ccc(Cl)cc1. The summed E-state index contributed by atoms with van der Waals surface area (Å²) in [7, 11) is 0. The van der Waals surface area contributed by atoms with E-state index in [-0.39, 0.29) is 10.8 Å². The molecule has 1 amide bonds. The highest BCUT2D eigenvalue weighted by Crippen LogP contribution is 2.13. The third-order valence-electron chi connectivity index (χ3n) is 3.38. The molecule has 132 valence electrons. The van der Waals surface area contributed by atoms with Crippen molar-refractivity contribution >= 4 is 40.5 Å². The van der Waals surface area contributed by atoms with Crippen molar-refractivity contribution in [3.8, 4) is 5.69 Å². The summed E-state index contributed by atoms with van der Waals surface area (Å²) in [6.45, 7) is 1.71. The summed E-state index contributed by atoms with van der Waals surface area (Å²) in [5.41, 5.74) is 7.35. The maximum absolute atomic E-state index is 12.3. The van der Waals surface area contributed by atoms with E-state index in [0.29, 0.717) is 10.7 Å². The molecule has 0 radical (unpaired) electrons. The Balaban J connectivity index is 1.60. The second-order valence-electron chi connectivity index (χ2n) is 5.30. The van der Waals surface area contributed by atoms with Crippen LogP contribution in [0.5, 0.6) is 0 Å². The first-order valence-corrected chi connectivity index (χ1v) is 8.44. The van der Waals surface area contributed by atoms with Crippen LogP contribution >= 0.6 is 23.8 Å². The maximum atomic E-state index is 12.3. The number of hydrogen-bond acceptors (Lipinski definition) is 4. The predicted molar refractivity (Wildman–Crippen MR) is 104 cm³/mol. The number of hydrogen-bond donors (Lipinski definition) is 3. The van der Waals surface area contributed by atoms with E-state index in [0.717, 1.165) is 11.4 Å². The Labute approximate surface area is 160 Å². The summed E-state index contributed by atoms with van der Waals surface area (Å²) in [5, 5.41) is 12.3. The van der Waals surface area contributed by atoms with Crippen molar-refractivity contribution in [2.45, 2.75) is 6.92 Å². The van der Waals surface area contributed by atoms with Crippen molar-refractivity contribution < 1.29 is 4.79 Å². The maximum Gasteiger partial charge on any atom is 0.292 e. The molecular weight excluding hydrogens is 372 g/mol. The van der Waals surface area contributed by atoms with Gasteiger partial charge in [0, 0.05) is 10.7 Å². The summed E-state index contributed by atoms with van der Waals surface area (Å²) < 4.78 is 0. The van der Waals surface area contributed by atoms with Crippen molar-refractivity contribution in [3.05, 3.63) is 71.0 Å². The molecule has 7 nitrogen and oxygen atoms in total. The average molecular weight is 387 g/mol. The zero-order chi connectivity index (χ0) is 18.5. The molecule has 0 spiro atoms. The molecule has 0 aliphatic carbocycles. The third kappa shape index (κ3) is 4.35. The lowest BCUT2D eigenvalue weighted by atomic mass is 10.3. The molecule has 0 aliphatic heterocycles. The number of thiocarbonyl (C=S) groups is 1. The number of hydrazine groups is 1. The van der Waals surface area contributed by atoms with Gasteiger partial charge in [0.1, 0.15) is 0 Å². The van der Waals surface area contributed by atoms with Gasteiger partial charge >= 0.3 is 0 Å². The van der Waals surface area contributed by atoms with Crippen LogP contribution in [0.1, 0.15) is 16.2 Å². The van der Waals surface area contributed by atoms with Crippen LogP contribution in [0.25, 0.3) is 5.69 Å². The Morgan fingerprint density at radius 1 is 1.04 bits per heavy atom. The molecule has 9 heteroatoms. The van der Waals surface area contributed by atoms with Crippen molar-refractivity contribution in [1.29, 1.82) is 0 Å². The summed E-state index contributed by atoms with van der Waals surface area (Å²) in [6.07, 6.45) is 0. The number of aromatic nitrogens is 3. The third-order valence-corrected chi connectivity index (χ3v) is 3.83. The second-order valence-corrected chi connectivity index (χ2v) is 6.14. The predicted octanol–water partition coefficient (Wildman–Crippen LogP) is 2.86. The zero-order valence-electron chi connectivity index (χ0n) is 13.7. The second kappa shape index (κ2) is 7.94. The fourth-order valence-electron chi connectivity index (χ4n) is 2.13. The smallest absolute Gasteiger partial charge is 0.292 e. The molecule has 2 aromatic carbocycles. The Morgan fingerprint density at radius 3 is 2.42 bits per heavy atom. The number of halogens is 1. The molecule has 3 rings (SSSR count). The number of carbonyl (C=O) groups is 1. The molecule has 3 aromatic rings. The lowest BCUT2D eigenvalue weighted by Gasteiger charge is -2.11. The topological polar surface area (TPSA) is 83.9 Å². The number of rotatable bonds is 3. The highest BCUT2D eigenvalue weighted by Gasteiger charge is 2.16. The van der Waals surface area contributed by atoms with Crippen LogP contribution in [0.15, 0.2) is 54.6 Å². The molecule has 1 heterocycles. The van der Waals surface area contributed by atoms with Crippen molar-refractivity contribution in [1.82, 2.24) is 25.8 Å². The largest absolute Gasteiger partial charge is 0.331 e. The van der Waals surface area contributed by atoms with Crippen LogP contribution in [0.3, 0.4) is 0 Å². The minimum absolute atomic E-state index is 0.204. The molecule has 0 bridgehead atoms. The first kappa shape index (κ1) is 17.8. The number of anilines is 1. The van der Waals surface area contributed by atoms with Gasteiger partial charge in [0.05, 0.1) is 11.4 Å². The molecule has 26 heavy (non-hydrogen) atoms. The molecule has 0 fully saturated rings. The summed E-state index contributed by atoms with van der Waals surface area (Å²) in [6, 6.07) is 16.3. The molecule has 0 aliphatic rings. The zero-order valence-corrected chi connectivity index (χ0v) is 15.3. The molecule has 3 N–H and O–H groups in total. The molecular formula is C17H15ClN6OS. The highest BCUT2D eigenvalue weighted by atomic mass is 35.5. The number of aryl methyl sites for hydroxylation is 1. The van der Waals surface area contributed by atoms with Crippen molar-refractivity contribution in [3.63, 3.8) is 0 Å². The van der Waals surface area contributed by atoms with Crippen LogP contribution in [-0.4, -0.2) is 26.0 Å². The van der Waals surface area contributed by atoms with Gasteiger partial charge in [0.15, 0.2) is 10.8 Å². The highest BCUT2D eigenvalue weighted by molar-refractivity contribution is 7.80. The van der Waals surface area contributed by atoms with Gasteiger partial charge in [0.2, 0.25) is 0 Å². The van der Waals surface area contributed by atoms with E-state index in [4.69, 9.17) is 23.8 Å². The van der Waals surface area contributed by atoms with E-state index >= 15 is 0 Å². The Bertz CT molecular complexity index is 926. The number of para-hydroxylation sites is 1. The van der Waals surface area contributed by atoms with Gasteiger partial charge in [0.25, 0.3) is 5.91 Å². The fourth-order valence-corrected chi connectivity index (χ4v) is 2.43. The van der Waals surface area contributed by atoms with Crippen LogP contribution in [-0.2, 0) is 0 Å². The van der Waals surface area contributed by atoms with Crippen LogP contribution in [0.4, 0.5) is 5.69 Å². The number of carbonyl (C=O) groups excluding carboxylic acids is 1. The lowest BCUT2D eigenvalue weighted by Crippen LogP contribution is -2.44. The van der Waals surface area contributed by atoms with Gasteiger partial charge in [-0.05, 0) is 55.5 Å². The number of nitrogens with one attached hydrogen (secondary N) is 3. The van der Waals surface area contributed by atoms with E-state index in [1.807, 2.05) is 30.3 Å². The monoisotopic (exact) mass is 386 g/mol. The minimum Gasteiger partial charge on any atom is -0.331 e. The fraction of sp³-hybridized carbons (Fsp3) is 0.0588. The van der Waals surface area contributed by atoms with Gasteiger partial charge in [-0.1, -0.05) is 29.8 Å². The van der Waals surface area contributed by atoms with Crippen molar-refractivity contribution in [2.75, 3.05) is 5.32 Å². The Morgan fingerprint density at radius 2 is 1.73 bits per heavy atom. The van der Waals surface area contributed by atoms with E-state index in [1.165, 1.54) is 4.80 Å². The summed E-state index contributed by atoms with van der Waals surface area (Å²) in [4.78, 5) is 13.7. The van der Waals surface area contributed by atoms with Crippen LogP contribution < -0.4 is 16.2 Å². The van der Waals surface area contributed by atoms with Gasteiger partial charge in [-0.15, -0.1) is 5.10 Å². The molecule has 1 aromatic heterocycles. The van der Waals surface area contributed by atoms with Crippen LogP contribution in [0, 0.1) is 6.92 Å². The number of amides is 1.